The summed E-state index contributed by atoms with van der Waals surface area (Å²) in [6.07, 6.45) is 3.05. The van der Waals surface area contributed by atoms with Gasteiger partial charge in [0.25, 0.3) is 0 Å². The molecule has 114 valence electrons. The van der Waals surface area contributed by atoms with Crippen LogP contribution in [0.4, 0.5) is 0 Å². The summed E-state index contributed by atoms with van der Waals surface area (Å²) in [5, 5.41) is 0. The lowest BCUT2D eigenvalue weighted by atomic mass is 9.87. The molecule has 0 aromatic heterocycles. The molecule has 19 heavy (non-hydrogen) atoms. The van der Waals surface area contributed by atoms with E-state index in [4.69, 9.17) is 4.74 Å². The average molecular weight is 293 g/mol. The Labute approximate surface area is 117 Å². The lowest BCUT2D eigenvalue weighted by Gasteiger charge is -2.33. The summed E-state index contributed by atoms with van der Waals surface area (Å²) in [5.41, 5.74) is -1.33. The molecule has 0 aromatic rings. The fourth-order valence-corrected chi connectivity index (χ4v) is 1.95. The van der Waals surface area contributed by atoms with Gasteiger partial charge in [0.2, 0.25) is 10.0 Å². The van der Waals surface area contributed by atoms with Gasteiger partial charge in [0.05, 0.1) is 11.7 Å². The second-order valence-corrected chi connectivity index (χ2v) is 7.39. The highest BCUT2D eigenvalue weighted by Gasteiger charge is 2.37. The quantitative estimate of drug-likeness (QED) is 0.695. The van der Waals surface area contributed by atoms with E-state index in [2.05, 4.69) is 4.72 Å². The summed E-state index contributed by atoms with van der Waals surface area (Å²) in [5.74, 6) is -0.350. The molecule has 0 rings (SSSR count). The second kappa shape index (κ2) is 6.70. The number of carbonyl (C=O) groups excluding carboxylic acids is 1. The Balaban J connectivity index is 4.88. The van der Waals surface area contributed by atoms with Gasteiger partial charge in [-0.25, -0.2) is 13.1 Å². The highest BCUT2D eigenvalue weighted by atomic mass is 32.2. The van der Waals surface area contributed by atoms with Gasteiger partial charge in [0.15, 0.2) is 0 Å². The molecule has 0 aliphatic heterocycles. The van der Waals surface area contributed by atoms with Crippen LogP contribution in [0.5, 0.6) is 0 Å². The fourth-order valence-electron chi connectivity index (χ4n) is 1.37. The smallest absolute Gasteiger partial charge is 0.313 e. The third-order valence-electron chi connectivity index (χ3n) is 3.83. The molecular weight excluding hydrogens is 266 g/mol. The predicted molar refractivity (Wildman–Crippen MR) is 76.3 cm³/mol. The van der Waals surface area contributed by atoms with E-state index in [0.29, 0.717) is 6.42 Å². The van der Waals surface area contributed by atoms with Crippen LogP contribution in [-0.2, 0) is 19.6 Å². The van der Waals surface area contributed by atoms with Gasteiger partial charge in [-0.1, -0.05) is 20.8 Å². The first-order chi connectivity index (χ1) is 8.52. The lowest BCUT2D eigenvalue weighted by Crippen LogP contribution is -2.44. The van der Waals surface area contributed by atoms with Crippen molar-refractivity contribution < 1.29 is 17.9 Å². The first-order valence-electron chi connectivity index (χ1n) is 6.70. The van der Waals surface area contributed by atoms with Crippen LogP contribution in [0.1, 0.15) is 53.9 Å². The number of ether oxygens (including phenoxy) is 1. The van der Waals surface area contributed by atoms with Crippen molar-refractivity contribution >= 4 is 16.0 Å². The Morgan fingerprint density at radius 1 is 1.11 bits per heavy atom. The van der Waals surface area contributed by atoms with Gasteiger partial charge >= 0.3 is 5.97 Å². The lowest BCUT2D eigenvalue weighted by molar-refractivity contribution is -0.170. The van der Waals surface area contributed by atoms with Crippen molar-refractivity contribution in [1.82, 2.24) is 4.72 Å². The van der Waals surface area contributed by atoms with Crippen molar-refractivity contribution in [3.63, 3.8) is 0 Å². The van der Waals surface area contributed by atoms with Gasteiger partial charge in [0.1, 0.15) is 5.60 Å². The van der Waals surface area contributed by atoms with Crippen molar-refractivity contribution in [2.45, 2.75) is 59.5 Å². The van der Waals surface area contributed by atoms with Crippen LogP contribution >= 0.6 is 0 Å². The zero-order valence-electron chi connectivity index (χ0n) is 12.9. The first-order valence-corrected chi connectivity index (χ1v) is 8.59. The molecule has 0 radical (unpaired) electrons. The van der Waals surface area contributed by atoms with Crippen molar-refractivity contribution in [3.05, 3.63) is 0 Å². The molecule has 0 heterocycles. The summed E-state index contributed by atoms with van der Waals surface area (Å²) < 4.78 is 30.3. The van der Waals surface area contributed by atoms with Crippen LogP contribution in [0, 0.1) is 5.41 Å². The maximum absolute atomic E-state index is 12.3. The van der Waals surface area contributed by atoms with Gasteiger partial charge in [-0.05, 0) is 33.1 Å². The minimum Gasteiger partial charge on any atom is -0.459 e. The number of nitrogens with one attached hydrogen (secondary N) is 1. The minimum atomic E-state index is -3.31. The number of carbonyl (C=O) groups is 1. The molecule has 0 aromatic carbocycles. The highest BCUT2D eigenvalue weighted by molar-refractivity contribution is 7.88. The van der Waals surface area contributed by atoms with E-state index in [1.807, 2.05) is 27.7 Å². The third kappa shape index (κ3) is 5.91. The Morgan fingerprint density at radius 3 is 1.89 bits per heavy atom. The normalized spacial score (nSPS) is 15.9. The largest absolute Gasteiger partial charge is 0.459 e. The predicted octanol–water partition coefficient (Wildman–Crippen LogP) is 2.07. The summed E-state index contributed by atoms with van der Waals surface area (Å²) in [7, 11) is -3.31. The standard InChI is InChI=1S/C13H27NO4S/c1-7-12(4,10-14-19(6,16)17)11(15)18-13(5,8-2)9-3/h14H,7-10H2,1-6H3. The van der Waals surface area contributed by atoms with Gasteiger partial charge in [0, 0.05) is 6.54 Å². The van der Waals surface area contributed by atoms with E-state index in [-0.39, 0.29) is 12.5 Å². The number of rotatable bonds is 8. The Bertz CT molecular complexity index is 401. The molecule has 0 fully saturated rings. The maximum atomic E-state index is 12.3. The molecule has 5 nitrogen and oxygen atoms in total. The van der Waals surface area contributed by atoms with Crippen molar-refractivity contribution in [1.29, 1.82) is 0 Å². The third-order valence-corrected chi connectivity index (χ3v) is 4.50. The van der Waals surface area contributed by atoms with Crippen molar-refractivity contribution in [3.8, 4) is 0 Å². The van der Waals surface area contributed by atoms with Gasteiger partial charge in [-0.2, -0.15) is 0 Å². The zero-order valence-corrected chi connectivity index (χ0v) is 13.7. The summed E-state index contributed by atoms with van der Waals surface area (Å²) in [4.78, 5) is 12.3. The maximum Gasteiger partial charge on any atom is 0.313 e. The van der Waals surface area contributed by atoms with Crippen LogP contribution in [0.15, 0.2) is 0 Å². The van der Waals surface area contributed by atoms with Crippen LogP contribution in [0.2, 0.25) is 0 Å². The van der Waals surface area contributed by atoms with Gasteiger partial charge in [-0.3, -0.25) is 4.79 Å². The average Bonchev–Trinajstić information content (AvgIpc) is 2.34. The van der Waals surface area contributed by atoms with Gasteiger partial charge in [-0.15, -0.1) is 0 Å². The molecular formula is C13H27NO4S. The molecule has 1 atom stereocenters. The minimum absolute atomic E-state index is 0.0602. The van der Waals surface area contributed by atoms with Crippen LogP contribution in [0.3, 0.4) is 0 Å². The van der Waals surface area contributed by atoms with Crippen LogP contribution < -0.4 is 4.72 Å². The van der Waals surface area contributed by atoms with Crippen LogP contribution in [0.25, 0.3) is 0 Å². The second-order valence-electron chi connectivity index (χ2n) is 5.55. The number of hydrogen-bond acceptors (Lipinski definition) is 4. The molecule has 0 bridgehead atoms. The number of hydrogen-bond donors (Lipinski definition) is 1. The molecule has 1 unspecified atom stereocenters. The molecule has 0 saturated heterocycles. The first kappa shape index (κ1) is 18.4. The SMILES string of the molecule is CCC(C)(CC)OC(=O)C(C)(CC)CNS(C)(=O)=O. The van der Waals surface area contributed by atoms with E-state index in [9.17, 15) is 13.2 Å². The number of esters is 1. The number of sulfonamides is 1. The molecule has 6 heteroatoms. The molecule has 1 N–H and O–H groups in total. The van der Waals surface area contributed by atoms with E-state index in [1.54, 1.807) is 6.92 Å². The van der Waals surface area contributed by atoms with E-state index >= 15 is 0 Å². The van der Waals surface area contributed by atoms with E-state index < -0.39 is 21.0 Å². The van der Waals surface area contributed by atoms with E-state index in [0.717, 1.165) is 19.1 Å². The molecule has 0 saturated carbocycles. The Morgan fingerprint density at radius 2 is 1.58 bits per heavy atom. The summed E-state index contributed by atoms with van der Waals surface area (Å²) >= 11 is 0. The monoisotopic (exact) mass is 293 g/mol. The Kier molecular flexibility index (Phi) is 6.48. The molecule has 0 spiro atoms. The Hall–Kier alpha value is -0.620. The highest BCUT2D eigenvalue weighted by Crippen LogP contribution is 2.28. The van der Waals surface area contributed by atoms with Gasteiger partial charge < -0.3 is 4.74 Å². The van der Waals surface area contributed by atoms with Crippen molar-refractivity contribution in [2.75, 3.05) is 12.8 Å². The molecule has 0 aliphatic rings. The summed E-state index contributed by atoms with van der Waals surface area (Å²) in [6.45, 7) is 9.46. The molecule has 0 amide bonds. The topological polar surface area (TPSA) is 72.5 Å². The molecule has 0 aliphatic carbocycles. The fraction of sp³-hybridized carbons (Fsp3) is 0.923. The van der Waals surface area contributed by atoms with Crippen molar-refractivity contribution in [2.24, 2.45) is 5.41 Å². The van der Waals surface area contributed by atoms with Crippen LogP contribution in [-0.4, -0.2) is 32.8 Å². The zero-order chi connectivity index (χ0) is 15.3. The summed E-state index contributed by atoms with van der Waals surface area (Å²) in [6, 6.07) is 0. The van der Waals surface area contributed by atoms with E-state index in [1.165, 1.54) is 0 Å².